The fourth-order valence-electron chi connectivity index (χ4n) is 5.68. The maximum absolute atomic E-state index is 13.0. The number of nitrogens with zero attached hydrogens (tertiary/aromatic N) is 4. The fraction of sp³-hybridized carbons (Fsp3) is 0.417. The third-order valence-corrected chi connectivity index (χ3v) is 7.23. The van der Waals surface area contributed by atoms with Gasteiger partial charge in [0, 0.05) is 39.0 Å². The summed E-state index contributed by atoms with van der Waals surface area (Å²) in [4.78, 5) is 15.0. The summed E-state index contributed by atoms with van der Waals surface area (Å²) in [5.74, 6) is 0.0757. The standard InChI is InChI=1S/C24H27N5O2/c1-17-18(14-27(2)26-17)22(30)28-12-9-23(10-13-28)15-24(16-31-23)21-8-5-11-29(21)20-7-4-3-6-19(20)25-24/h3-8,11,14,25H,9-10,12-13,15-16H2,1-2H3/t24-/m1/s1. The largest absolute Gasteiger partial charge is 0.372 e. The summed E-state index contributed by atoms with van der Waals surface area (Å²) < 4.78 is 10.5. The number of hydrogen-bond donors (Lipinski definition) is 1. The monoisotopic (exact) mass is 417 g/mol. The van der Waals surface area contributed by atoms with Crippen molar-refractivity contribution in [1.82, 2.24) is 19.2 Å². The van der Waals surface area contributed by atoms with Gasteiger partial charge in [-0.3, -0.25) is 9.48 Å². The number of aromatic nitrogens is 3. The van der Waals surface area contributed by atoms with Crippen LogP contribution in [0, 0.1) is 6.92 Å². The molecule has 3 aromatic rings. The number of carbonyl (C=O) groups is 1. The molecule has 1 N–H and O–H groups in total. The summed E-state index contributed by atoms with van der Waals surface area (Å²) in [6, 6.07) is 12.8. The Hall–Kier alpha value is -3.06. The Morgan fingerprint density at radius 2 is 1.97 bits per heavy atom. The van der Waals surface area contributed by atoms with Crippen LogP contribution in [0.4, 0.5) is 5.69 Å². The average Bonchev–Trinajstić information content (AvgIpc) is 3.47. The lowest BCUT2D eigenvalue weighted by atomic mass is 9.79. The predicted molar refractivity (Wildman–Crippen MR) is 117 cm³/mol. The Bertz CT molecular complexity index is 1170. The first-order chi connectivity index (χ1) is 15.0. The van der Waals surface area contributed by atoms with Crippen molar-refractivity contribution >= 4 is 11.6 Å². The molecule has 2 spiro atoms. The van der Waals surface area contributed by atoms with Gasteiger partial charge in [-0.2, -0.15) is 5.10 Å². The van der Waals surface area contributed by atoms with Gasteiger partial charge < -0.3 is 19.5 Å². The molecule has 2 aromatic heterocycles. The number of piperidine rings is 1. The van der Waals surface area contributed by atoms with Gasteiger partial charge in [-0.25, -0.2) is 0 Å². The molecule has 0 bridgehead atoms. The van der Waals surface area contributed by atoms with E-state index in [4.69, 9.17) is 4.74 Å². The van der Waals surface area contributed by atoms with Crippen molar-refractivity contribution in [3.05, 3.63) is 65.7 Å². The number of amides is 1. The molecule has 0 radical (unpaired) electrons. The molecule has 1 aromatic carbocycles. The molecule has 3 aliphatic heterocycles. The highest BCUT2D eigenvalue weighted by Crippen LogP contribution is 2.50. The van der Waals surface area contributed by atoms with Crippen LogP contribution < -0.4 is 5.32 Å². The van der Waals surface area contributed by atoms with E-state index in [-0.39, 0.29) is 17.0 Å². The van der Waals surface area contributed by atoms with Gasteiger partial charge in [0.2, 0.25) is 0 Å². The summed E-state index contributed by atoms with van der Waals surface area (Å²) in [6.45, 7) is 3.95. The van der Waals surface area contributed by atoms with Crippen LogP contribution in [0.1, 0.15) is 41.0 Å². The van der Waals surface area contributed by atoms with Crippen molar-refractivity contribution in [1.29, 1.82) is 0 Å². The van der Waals surface area contributed by atoms with Crippen molar-refractivity contribution in [2.75, 3.05) is 25.0 Å². The second kappa shape index (κ2) is 6.47. The van der Waals surface area contributed by atoms with Gasteiger partial charge in [0.1, 0.15) is 5.54 Å². The van der Waals surface area contributed by atoms with Gasteiger partial charge in [0.05, 0.1) is 40.5 Å². The van der Waals surface area contributed by atoms with E-state index in [9.17, 15) is 4.79 Å². The minimum atomic E-state index is -0.232. The molecule has 2 saturated heterocycles. The molecule has 0 saturated carbocycles. The Morgan fingerprint density at radius 1 is 1.16 bits per heavy atom. The van der Waals surface area contributed by atoms with Crippen LogP contribution >= 0.6 is 0 Å². The first-order valence-electron chi connectivity index (χ1n) is 11.0. The highest BCUT2D eigenvalue weighted by Gasteiger charge is 2.54. The Labute approximate surface area is 181 Å². The van der Waals surface area contributed by atoms with Gasteiger partial charge in [-0.1, -0.05) is 12.1 Å². The minimum Gasteiger partial charge on any atom is -0.372 e. The van der Waals surface area contributed by atoms with Crippen molar-refractivity contribution in [2.45, 2.75) is 37.3 Å². The molecule has 3 aliphatic rings. The zero-order valence-corrected chi connectivity index (χ0v) is 18.0. The lowest BCUT2D eigenvalue weighted by molar-refractivity contribution is -0.0392. The van der Waals surface area contributed by atoms with Gasteiger partial charge in [0.25, 0.3) is 5.91 Å². The third kappa shape index (κ3) is 2.76. The van der Waals surface area contributed by atoms with Crippen LogP contribution in [0.5, 0.6) is 0 Å². The molecule has 0 unspecified atom stereocenters. The molecule has 6 rings (SSSR count). The number of likely N-dealkylation sites (tertiary alicyclic amines) is 1. The fourth-order valence-corrected chi connectivity index (χ4v) is 5.68. The number of benzene rings is 1. The van der Waals surface area contributed by atoms with E-state index in [0.29, 0.717) is 25.3 Å². The number of para-hydroxylation sites is 2. The van der Waals surface area contributed by atoms with E-state index in [1.54, 1.807) is 4.68 Å². The quantitative estimate of drug-likeness (QED) is 0.660. The van der Waals surface area contributed by atoms with Gasteiger partial charge >= 0.3 is 0 Å². The zero-order chi connectivity index (χ0) is 21.2. The number of aryl methyl sites for hydroxylation is 2. The van der Waals surface area contributed by atoms with Crippen LogP contribution in [0.2, 0.25) is 0 Å². The summed E-state index contributed by atoms with van der Waals surface area (Å²) in [6.07, 6.45) is 6.57. The lowest BCUT2D eigenvalue weighted by Crippen LogP contribution is -2.48. The van der Waals surface area contributed by atoms with Crippen LogP contribution in [-0.2, 0) is 17.3 Å². The van der Waals surface area contributed by atoms with Crippen molar-refractivity contribution in [3.8, 4) is 5.69 Å². The zero-order valence-electron chi connectivity index (χ0n) is 18.0. The van der Waals surface area contributed by atoms with Crippen LogP contribution in [-0.4, -0.2) is 50.5 Å². The number of fused-ring (bicyclic) bond motifs is 4. The molecule has 31 heavy (non-hydrogen) atoms. The normalized spacial score (nSPS) is 23.6. The summed E-state index contributed by atoms with van der Waals surface area (Å²) in [7, 11) is 1.85. The lowest BCUT2D eigenvalue weighted by Gasteiger charge is -2.41. The molecule has 1 atom stereocenters. The van der Waals surface area contributed by atoms with Gasteiger partial charge in [-0.05, 0) is 44.0 Å². The van der Waals surface area contributed by atoms with E-state index in [1.807, 2.05) is 25.1 Å². The van der Waals surface area contributed by atoms with E-state index in [2.05, 4.69) is 57.6 Å². The number of ether oxygens (including phenoxy) is 1. The first-order valence-corrected chi connectivity index (χ1v) is 11.0. The van der Waals surface area contributed by atoms with E-state index >= 15 is 0 Å². The Kier molecular flexibility index (Phi) is 3.90. The van der Waals surface area contributed by atoms with E-state index in [0.717, 1.165) is 30.6 Å². The number of rotatable bonds is 1. The third-order valence-electron chi connectivity index (χ3n) is 7.23. The molecular weight excluding hydrogens is 390 g/mol. The predicted octanol–water partition coefficient (Wildman–Crippen LogP) is 3.24. The molecule has 0 aliphatic carbocycles. The van der Waals surface area contributed by atoms with Crippen LogP contribution in [0.25, 0.3) is 5.69 Å². The summed E-state index contributed by atoms with van der Waals surface area (Å²) in [5, 5.41) is 8.14. The van der Waals surface area contributed by atoms with Crippen LogP contribution in [0.3, 0.4) is 0 Å². The smallest absolute Gasteiger partial charge is 0.257 e. The maximum atomic E-state index is 13.0. The molecule has 1 amide bonds. The maximum Gasteiger partial charge on any atom is 0.257 e. The first kappa shape index (κ1) is 18.7. The van der Waals surface area contributed by atoms with E-state index < -0.39 is 0 Å². The molecular formula is C24H27N5O2. The highest BCUT2D eigenvalue weighted by atomic mass is 16.5. The van der Waals surface area contributed by atoms with Gasteiger partial charge in [-0.15, -0.1) is 0 Å². The Morgan fingerprint density at radius 3 is 2.74 bits per heavy atom. The molecule has 2 fully saturated rings. The average molecular weight is 418 g/mol. The number of anilines is 1. The van der Waals surface area contributed by atoms with Crippen molar-refractivity contribution < 1.29 is 9.53 Å². The number of hydrogen-bond acceptors (Lipinski definition) is 4. The van der Waals surface area contributed by atoms with Crippen LogP contribution in [0.15, 0.2) is 48.8 Å². The SMILES string of the molecule is Cc1nn(C)cc1C(=O)N1CCC2(CC1)C[C@]1(CO2)Nc2ccccc2-n2cccc21. The minimum absolute atomic E-state index is 0.0757. The van der Waals surface area contributed by atoms with Gasteiger partial charge in [0.15, 0.2) is 0 Å². The second-order valence-corrected chi connectivity index (χ2v) is 9.23. The number of carbonyl (C=O) groups excluding carboxylic acids is 1. The molecule has 7 heteroatoms. The van der Waals surface area contributed by atoms with Crippen molar-refractivity contribution in [3.63, 3.8) is 0 Å². The summed E-state index contributed by atoms with van der Waals surface area (Å²) >= 11 is 0. The molecule has 160 valence electrons. The van der Waals surface area contributed by atoms with E-state index in [1.165, 1.54) is 11.4 Å². The molecule has 5 heterocycles. The van der Waals surface area contributed by atoms with Crippen molar-refractivity contribution in [2.24, 2.45) is 7.05 Å². The topological polar surface area (TPSA) is 64.3 Å². The second-order valence-electron chi connectivity index (χ2n) is 9.23. The highest BCUT2D eigenvalue weighted by molar-refractivity contribution is 5.95. The summed E-state index contributed by atoms with van der Waals surface area (Å²) in [5.41, 5.74) is 4.64. The molecule has 7 nitrogen and oxygen atoms in total. The Balaban J connectivity index is 1.23. The number of nitrogens with one attached hydrogen (secondary N) is 1.